The van der Waals surface area contributed by atoms with E-state index in [1.54, 1.807) is 0 Å². The Morgan fingerprint density at radius 3 is 2.38 bits per heavy atom. The first-order valence-electron chi connectivity index (χ1n) is 9.62. The maximum Gasteiger partial charge on any atom is 0.219 e. The van der Waals surface area contributed by atoms with E-state index < -0.39 is 8.07 Å². The molecule has 1 N–H and O–H groups in total. The number of carbonyl (C=O) groups is 2. The van der Waals surface area contributed by atoms with E-state index in [0.29, 0.717) is 11.6 Å². The fraction of sp³-hybridized carbons (Fsp3) is 0.545. The predicted octanol–water partition coefficient (Wildman–Crippen LogP) is 6.01. The van der Waals surface area contributed by atoms with Gasteiger partial charge >= 0.3 is 0 Å². The molecule has 26 heavy (non-hydrogen) atoms. The molecule has 0 saturated carbocycles. The number of rotatable bonds is 9. The fourth-order valence-corrected chi connectivity index (χ4v) is 5.85. The number of allylic oxidation sites excluding steroid dienone is 7. The summed E-state index contributed by atoms with van der Waals surface area (Å²) in [7, 11) is -2.00. The van der Waals surface area contributed by atoms with Crippen LogP contribution in [-0.2, 0) is 9.59 Å². The Balaban J connectivity index is 2.89. The summed E-state index contributed by atoms with van der Waals surface area (Å²) in [5, 5.41) is 11.0. The summed E-state index contributed by atoms with van der Waals surface area (Å²) in [5.41, 5.74) is 2.69. The van der Waals surface area contributed by atoms with Crippen LogP contribution in [0.5, 0.6) is 0 Å². The van der Waals surface area contributed by atoms with Gasteiger partial charge < -0.3 is 5.11 Å². The lowest BCUT2D eigenvalue weighted by molar-refractivity contribution is -0.117. The molecule has 0 aromatic carbocycles. The SMILES string of the molecule is CCCC[Si](C)(C)C1=CC(=O)C(C/C=C(\C)CCC=C(C)C)=C(O)C1=O. The Hall–Kier alpha value is -1.68. The van der Waals surface area contributed by atoms with Gasteiger partial charge in [-0.15, -0.1) is 0 Å². The van der Waals surface area contributed by atoms with Gasteiger partial charge in [-0.1, -0.05) is 62.2 Å². The van der Waals surface area contributed by atoms with E-state index in [-0.39, 0.29) is 22.9 Å². The summed E-state index contributed by atoms with van der Waals surface area (Å²) in [5.74, 6) is -0.872. The second-order valence-corrected chi connectivity index (χ2v) is 12.9. The van der Waals surface area contributed by atoms with Crippen LogP contribution in [0.1, 0.15) is 59.8 Å². The highest BCUT2D eigenvalue weighted by Gasteiger charge is 2.37. The third-order valence-corrected chi connectivity index (χ3v) is 8.38. The zero-order valence-corrected chi connectivity index (χ0v) is 18.2. The highest BCUT2D eigenvalue weighted by Crippen LogP contribution is 2.30. The molecule has 0 atom stereocenters. The van der Waals surface area contributed by atoms with Crippen molar-refractivity contribution in [1.29, 1.82) is 0 Å². The van der Waals surface area contributed by atoms with Gasteiger partial charge in [-0.3, -0.25) is 9.59 Å². The number of hydrogen-bond donors (Lipinski definition) is 1. The zero-order valence-electron chi connectivity index (χ0n) is 17.2. The zero-order chi connectivity index (χ0) is 19.9. The molecule has 0 spiro atoms. The quantitative estimate of drug-likeness (QED) is 0.305. The Morgan fingerprint density at radius 1 is 1.15 bits per heavy atom. The van der Waals surface area contributed by atoms with Crippen molar-refractivity contribution < 1.29 is 14.7 Å². The molecule has 0 fully saturated rings. The fourth-order valence-electron chi connectivity index (χ4n) is 3.09. The largest absolute Gasteiger partial charge is 0.504 e. The van der Waals surface area contributed by atoms with Crippen molar-refractivity contribution >= 4 is 19.6 Å². The van der Waals surface area contributed by atoms with E-state index in [0.717, 1.165) is 37.3 Å². The predicted molar refractivity (Wildman–Crippen MR) is 112 cm³/mol. The van der Waals surface area contributed by atoms with Gasteiger partial charge in [0.15, 0.2) is 11.5 Å². The number of Topliss-reactive ketones (excluding diaryl/α,β-unsaturated/α-hetero) is 1. The van der Waals surface area contributed by atoms with Gasteiger partial charge in [-0.25, -0.2) is 0 Å². The van der Waals surface area contributed by atoms with Gasteiger partial charge in [0.05, 0.1) is 8.07 Å². The van der Waals surface area contributed by atoms with E-state index in [9.17, 15) is 14.7 Å². The molecule has 0 bridgehead atoms. The molecule has 0 radical (unpaired) electrons. The van der Waals surface area contributed by atoms with Gasteiger partial charge in [0, 0.05) is 5.57 Å². The molecule has 0 aromatic heterocycles. The second-order valence-electron chi connectivity index (χ2n) is 8.14. The lowest BCUT2D eigenvalue weighted by Gasteiger charge is -2.27. The van der Waals surface area contributed by atoms with Crippen molar-refractivity contribution in [2.45, 2.75) is 78.9 Å². The average molecular weight is 375 g/mol. The summed E-state index contributed by atoms with van der Waals surface area (Å²) in [6.07, 6.45) is 9.95. The number of hydrogen-bond acceptors (Lipinski definition) is 3. The van der Waals surface area contributed by atoms with E-state index in [2.05, 4.69) is 39.9 Å². The van der Waals surface area contributed by atoms with E-state index >= 15 is 0 Å². The molecule has 1 rings (SSSR count). The number of ketones is 2. The van der Waals surface area contributed by atoms with Crippen molar-refractivity contribution in [2.75, 3.05) is 0 Å². The highest BCUT2D eigenvalue weighted by molar-refractivity contribution is 6.89. The van der Waals surface area contributed by atoms with Crippen molar-refractivity contribution in [3.05, 3.63) is 45.9 Å². The summed E-state index contributed by atoms with van der Waals surface area (Å²) >= 11 is 0. The summed E-state index contributed by atoms with van der Waals surface area (Å²) < 4.78 is 0. The first-order chi connectivity index (χ1) is 12.1. The van der Waals surface area contributed by atoms with Crippen LogP contribution in [0.25, 0.3) is 0 Å². The Morgan fingerprint density at radius 2 is 1.81 bits per heavy atom. The smallest absolute Gasteiger partial charge is 0.219 e. The molecular weight excluding hydrogens is 340 g/mol. The first-order valence-corrected chi connectivity index (χ1v) is 12.8. The topological polar surface area (TPSA) is 54.4 Å². The molecule has 4 heteroatoms. The second kappa shape index (κ2) is 9.86. The Bertz CT molecular complexity index is 672. The van der Waals surface area contributed by atoms with Crippen molar-refractivity contribution in [1.82, 2.24) is 0 Å². The van der Waals surface area contributed by atoms with Gasteiger partial charge in [0.2, 0.25) is 5.78 Å². The molecule has 0 aromatic rings. The van der Waals surface area contributed by atoms with Crippen molar-refractivity contribution in [3.63, 3.8) is 0 Å². The minimum Gasteiger partial charge on any atom is -0.504 e. The standard InChI is InChI=1S/C22H34O3Si/c1-7-8-14-26(5,6)20-15-19(23)18(21(24)22(20)25)13-12-17(4)11-9-10-16(2)3/h10,12,15,24H,7-9,11,13-14H2,1-6H3/b17-12+. The minimum atomic E-state index is -2.00. The molecule has 1 aliphatic carbocycles. The van der Waals surface area contributed by atoms with Crippen LogP contribution in [0.4, 0.5) is 0 Å². The number of aliphatic hydroxyl groups is 1. The maximum absolute atomic E-state index is 12.7. The number of carbonyl (C=O) groups excluding carboxylic acids is 2. The van der Waals surface area contributed by atoms with Gasteiger partial charge in [-0.2, -0.15) is 0 Å². The molecule has 0 aliphatic heterocycles. The van der Waals surface area contributed by atoms with Gasteiger partial charge in [0.1, 0.15) is 0 Å². The van der Waals surface area contributed by atoms with Crippen LogP contribution in [0, 0.1) is 0 Å². The van der Waals surface area contributed by atoms with Crippen LogP contribution in [0.3, 0.4) is 0 Å². The molecule has 0 saturated heterocycles. The molecule has 0 unspecified atom stereocenters. The monoisotopic (exact) mass is 374 g/mol. The molecular formula is C22H34O3Si. The third-order valence-electron chi connectivity index (χ3n) is 4.95. The molecule has 0 heterocycles. The van der Waals surface area contributed by atoms with Crippen molar-refractivity contribution in [3.8, 4) is 0 Å². The van der Waals surface area contributed by atoms with Crippen molar-refractivity contribution in [2.24, 2.45) is 0 Å². The van der Waals surface area contributed by atoms with Crippen LogP contribution >= 0.6 is 0 Å². The Labute approximate surface area is 159 Å². The van der Waals surface area contributed by atoms with Crippen LogP contribution in [-0.4, -0.2) is 24.7 Å². The molecule has 3 nitrogen and oxygen atoms in total. The third kappa shape index (κ3) is 6.24. The Kier molecular flexibility index (Phi) is 8.48. The number of unbranched alkanes of at least 4 members (excludes halogenated alkanes) is 1. The summed E-state index contributed by atoms with van der Waals surface area (Å²) in [6.45, 7) is 12.5. The highest BCUT2D eigenvalue weighted by atomic mass is 28.3. The molecule has 144 valence electrons. The van der Waals surface area contributed by atoms with Gasteiger partial charge in [-0.05, 0) is 51.3 Å². The van der Waals surface area contributed by atoms with Crippen LogP contribution < -0.4 is 0 Å². The lowest BCUT2D eigenvalue weighted by Crippen LogP contribution is -2.37. The maximum atomic E-state index is 12.7. The lowest BCUT2D eigenvalue weighted by atomic mass is 9.97. The van der Waals surface area contributed by atoms with E-state index in [1.807, 2.05) is 13.0 Å². The minimum absolute atomic E-state index is 0.206. The van der Waals surface area contributed by atoms with E-state index in [4.69, 9.17) is 0 Å². The van der Waals surface area contributed by atoms with Gasteiger partial charge in [0.25, 0.3) is 0 Å². The van der Waals surface area contributed by atoms with Crippen LogP contribution in [0.2, 0.25) is 19.1 Å². The van der Waals surface area contributed by atoms with Crippen LogP contribution in [0.15, 0.2) is 45.9 Å². The average Bonchev–Trinajstić information content (AvgIpc) is 2.55. The first kappa shape index (κ1) is 22.4. The molecule has 0 amide bonds. The van der Waals surface area contributed by atoms with E-state index in [1.165, 1.54) is 11.6 Å². The molecule has 1 aliphatic rings. The number of aliphatic hydroxyl groups excluding tert-OH is 1. The normalized spacial score (nSPS) is 16.1. The summed E-state index contributed by atoms with van der Waals surface area (Å²) in [4.78, 5) is 25.2. The summed E-state index contributed by atoms with van der Waals surface area (Å²) in [6, 6.07) is 0.959.